The topological polar surface area (TPSA) is 66.8 Å². The molecule has 0 unspecified atom stereocenters. The van der Waals surface area contributed by atoms with Gasteiger partial charge in [0.1, 0.15) is 12.3 Å². The maximum absolute atomic E-state index is 12.7. The summed E-state index contributed by atoms with van der Waals surface area (Å²) in [4.78, 5) is 26.8. The number of hydrogen-bond donors (Lipinski definition) is 1. The highest BCUT2D eigenvalue weighted by molar-refractivity contribution is 7.14. The lowest BCUT2D eigenvalue weighted by atomic mass is 10.1. The van der Waals surface area contributed by atoms with Gasteiger partial charge in [-0.15, -0.1) is 11.3 Å². The molecule has 1 aliphatic rings. The summed E-state index contributed by atoms with van der Waals surface area (Å²) >= 11 is 1.41. The first-order valence-corrected chi connectivity index (χ1v) is 8.59. The van der Waals surface area contributed by atoms with Crippen LogP contribution in [-0.4, -0.2) is 41.6 Å². The Morgan fingerprint density at radius 3 is 2.50 bits per heavy atom. The Morgan fingerprint density at radius 2 is 1.96 bits per heavy atom. The minimum Gasteiger partial charge on any atom is -0.497 e. The van der Waals surface area contributed by atoms with Gasteiger partial charge in [0.2, 0.25) is 0 Å². The molecule has 0 bridgehead atoms. The molecule has 1 fully saturated rings. The summed E-state index contributed by atoms with van der Waals surface area (Å²) in [5.74, 6) is -0.379. The van der Waals surface area contributed by atoms with Gasteiger partial charge in [0.15, 0.2) is 0 Å². The highest BCUT2D eigenvalue weighted by Crippen LogP contribution is 2.34. The van der Waals surface area contributed by atoms with Gasteiger partial charge in [0, 0.05) is 10.9 Å². The van der Waals surface area contributed by atoms with Crippen molar-refractivity contribution in [3.63, 3.8) is 0 Å². The standard InChI is InChI=1S/C18H19NO4S/c1-11-15(12-3-7-14(23-2)8-4-12)9-16(24-11)18(22)19(10-17(20)21)13-5-6-13/h3-4,7-9,13H,5-6,10H2,1-2H3,(H,20,21). The summed E-state index contributed by atoms with van der Waals surface area (Å²) in [6, 6.07) is 9.61. The van der Waals surface area contributed by atoms with Gasteiger partial charge >= 0.3 is 5.97 Å². The monoisotopic (exact) mass is 345 g/mol. The van der Waals surface area contributed by atoms with Crippen molar-refractivity contribution in [3.8, 4) is 16.9 Å². The first-order chi connectivity index (χ1) is 11.5. The number of aliphatic carboxylic acids is 1. The second kappa shape index (κ2) is 6.65. The molecule has 1 aliphatic carbocycles. The van der Waals surface area contributed by atoms with Crippen LogP contribution in [0.15, 0.2) is 30.3 Å². The molecular formula is C18H19NO4S. The first-order valence-electron chi connectivity index (χ1n) is 7.77. The van der Waals surface area contributed by atoms with Gasteiger partial charge in [-0.25, -0.2) is 0 Å². The Morgan fingerprint density at radius 1 is 1.29 bits per heavy atom. The molecule has 0 radical (unpaired) electrons. The van der Waals surface area contributed by atoms with Crippen molar-refractivity contribution in [2.24, 2.45) is 0 Å². The minimum absolute atomic E-state index is 0.0699. The van der Waals surface area contributed by atoms with Crippen LogP contribution in [0.3, 0.4) is 0 Å². The smallest absolute Gasteiger partial charge is 0.323 e. The highest BCUT2D eigenvalue weighted by Gasteiger charge is 2.35. The predicted molar refractivity (Wildman–Crippen MR) is 92.7 cm³/mol. The number of thiophene rings is 1. The molecule has 0 spiro atoms. The number of carboxylic acids is 1. The fraction of sp³-hybridized carbons (Fsp3) is 0.333. The number of aryl methyl sites for hydroxylation is 1. The zero-order valence-corrected chi connectivity index (χ0v) is 14.4. The number of methoxy groups -OCH3 is 1. The molecule has 6 heteroatoms. The van der Waals surface area contributed by atoms with Crippen molar-refractivity contribution in [1.82, 2.24) is 4.90 Å². The van der Waals surface area contributed by atoms with Crippen LogP contribution >= 0.6 is 11.3 Å². The molecule has 1 N–H and O–H groups in total. The number of carboxylic acid groups (broad SMARTS) is 1. The summed E-state index contributed by atoms with van der Waals surface area (Å²) < 4.78 is 5.17. The minimum atomic E-state index is -0.973. The zero-order valence-electron chi connectivity index (χ0n) is 13.6. The summed E-state index contributed by atoms with van der Waals surface area (Å²) in [7, 11) is 1.62. The molecule has 1 saturated carbocycles. The van der Waals surface area contributed by atoms with Crippen LogP contribution in [-0.2, 0) is 4.79 Å². The molecule has 1 aromatic heterocycles. The molecule has 0 saturated heterocycles. The van der Waals surface area contributed by atoms with E-state index in [2.05, 4.69) is 0 Å². The third-order valence-corrected chi connectivity index (χ3v) is 5.12. The lowest BCUT2D eigenvalue weighted by Gasteiger charge is -2.19. The average Bonchev–Trinajstić information content (AvgIpc) is 3.34. The molecule has 1 aromatic carbocycles. The van der Waals surface area contributed by atoms with E-state index >= 15 is 0 Å². The lowest BCUT2D eigenvalue weighted by Crippen LogP contribution is -2.37. The Bertz CT molecular complexity index is 762. The second-order valence-corrected chi connectivity index (χ2v) is 7.12. The predicted octanol–water partition coefficient (Wildman–Crippen LogP) is 3.42. The van der Waals surface area contributed by atoms with Crippen molar-refractivity contribution in [2.75, 3.05) is 13.7 Å². The Labute approximate surface area is 144 Å². The van der Waals surface area contributed by atoms with E-state index < -0.39 is 5.97 Å². The number of benzene rings is 1. The van der Waals surface area contributed by atoms with E-state index in [4.69, 9.17) is 9.84 Å². The molecule has 5 nitrogen and oxygen atoms in total. The van der Waals surface area contributed by atoms with E-state index in [9.17, 15) is 9.59 Å². The van der Waals surface area contributed by atoms with Crippen molar-refractivity contribution in [3.05, 3.63) is 40.1 Å². The van der Waals surface area contributed by atoms with Crippen LogP contribution in [0.25, 0.3) is 11.1 Å². The van der Waals surface area contributed by atoms with Crippen molar-refractivity contribution in [1.29, 1.82) is 0 Å². The molecule has 126 valence electrons. The third kappa shape index (κ3) is 3.43. The zero-order chi connectivity index (χ0) is 17.3. The fourth-order valence-electron chi connectivity index (χ4n) is 2.68. The number of carbonyl (C=O) groups excluding carboxylic acids is 1. The van der Waals surface area contributed by atoms with Crippen LogP contribution in [0.2, 0.25) is 0 Å². The maximum atomic E-state index is 12.7. The first kappa shape index (κ1) is 16.5. The molecule has 0 aliphatic heterocycles. The normalized spacial score (nSPS) is 13.6. The van der Waals surface area contributed by atoms with Crippen LogP contribution < -0.4 is 4.74 Å². The summed E-state index contributed by atoms with van der Waals surface area (Å²) in [5.41, 5.74) is 2.01. The van der Waals surface area contributed by atoms with E-state index in [1.807, 2.05) is 37.3 Å². The van der Waals surface area contributed by atoms with E-state index in [1.165, 1.54) is 16.2 Å². The lowest BCUT2D eigenvalue weighted by molar-refractivity contribution is -0.137. The van der Waals surface area contributed by atoms with Gasteiger partial charge in [-0.2, -0.15) is 0 Å². The number of hydrogen-bond acceptors (Lipinski definition) is 4. The Kier molecular flexibility index (Phi) is 4.57. The molecular weight excluding hydrogens is 326 g/mol. The van der Waals surface area contributed by atoms with Gasteiger partial charge in [0.25, 0.3) is 5.91 Å². The maximum Gasteiger partial charge on any atom is 0.323 e. The van der Waals surface area contributed by atoms with Gasteiger partial charge in [0.05, 0.1) is 12.0 Å². The molecule has 1 amide bonds. The molecule has 24 heavy (non-hydrogen) atoms. The van der Waals surface area contributed by atoms with E-state index in [-0.39, 0.29) is 18.5 Å². The molecule has 0 atom stereocenters. The van der Waals surface area contributed by atoms with Gasteiger partial charge in [-0.3, -0.25) is 9.59 Å². The van der Waals surface area contributed by atoms with Crippen LogP contribution in [0.1, 0.15) is 27.4 Å². The van der Waals surface area contributed by atoms with Gasteiger partial charge in [-0.1, -0.05) is 12.1 Å². The summed E-state index contributed by atoms with van der Waals surface area (Å²) in [6.07, 6.45) is 1.77. The van der Waals surface area contributed by atoms with Crippen LogP contribution in [0, 0.1) is 6.92 Å². The second-order valence-electron chi connectivity index (χ2n) is 5.87. The van der Waals surface area contributed by atoms with Crippen molar-refractivity contribution in [2.45, 2.75) is 25.8 Å². The van der Waals surface area contributed by atoms with E-state index in [0.717, 1.165) is 34.6 Å². The van der Waals surface area contributed by atoms with Gasteiger partial charge in [-0.05, 0) is 49.1 Å². The highest BCUT2D eigenvalue weighted by atomic mass is 32.1. The molecule has 3 rings (SSSR count). The summed E-state index contributed by atoms with van der Waals surface area (Å²) in [5, 5.41) is 9.04. The number of rotatable bonds is 6. The van der Waals surface area contributed by atoms with E-state index in [1.54, 1.807) is 7.11 Å². The summed E-state index contributed by atoms with van der Waals surface area (Å²) in [6.45, 7) is 1.73. The van der Waals surface area contributed by atoms with Crippen LogP contribution in [0.4, 0.5) is 0 Å². The SMILES string of the molecule is COc1ccc(-c2cc(C(=O)N(CC(=O)O)C3CC3)sc2C)cc1. The number of amides is 1. The number of nitrogens with zero attached hydrogens (tertiary/aromatic N) is 1. The average molecular weight is 345 g/mol. The fourth-order valence-corrected chi connectivity index (χ4v) is 3.68. The Balaban J connectivity index is 1.86. The number of ether oxygens (including phenoxy) is 1. The van der Waals surface area contributed by atoms with Crippen molar-refractivity contribution >= 4 is 23.2 Å². The third-order valence-electron chi connectivity index (χ3n) is 4.08. The molecule has 2 aromatic rings. The number of carbonyl (C=O) groups is 2. The van der Waals surface area contributed by atoms with Crippen molar-refractivity contribution < 1.29 is 19.4 Å². The van der Waals surface area contributed by atoms with Crippen LogP contribution in [0.5, 0.6) is 5.75 Å². The quantitative estimate of drug-likeness (QED) is 0.871. The van der Waals surface area contributed by atoms with Gasteiger partial charge < -0.3 is 14.7 Å². The molecule has 1 heterocycles. The Hall–Kier alpha value is -2.34. The largest absolute Gasteiger partial charge is 0.497 e. The van der Waals surface area contributed by atoms with E-state index in [0.29, 0.717) is 4.88 Å².